The van der Waals surface area contributed by atoms with Crippen LogP contribution in [0.4, 0.5) is 5.00 Å². The van der Waals surface area contributed by atoms with E-state index in [-0.39, 0.29) is 19.3 Å². The molecule has 0 bridgehead atoms. The molecule has 8 heteroatoms. The molecule has 0 amide bonds. The number of benzene rings is 1. The highest BCUT2D eigenvalue weighted by molar-refractivity contribution is 7.80. The molecule has 2 N–H and O–H groups in total. The summed E-state index contributed by atoms with van der Waals surface area (Å²) in [6.45, 7) is 12.2. The van der Waals surface area contributed by atoms with E-state index in [1.807, 2.05) is 0 Å². The van der Waals surface area contributed by atoms with E-state index < -0.39 is 11.9 Å². The lowest BCUT2D eigenvalue weighted by atomic mass is 9.95. The Morgan fingerprint density at radius 3 is 2.09 bits per heavy atom. The van der Waals surface area contributed by atoms with Crippen molar-refractivity contribution in [3.05, 3.63) is 51.4 Å². The fraction of sp³-hybridized carbons (Fsp3) is 0.480. The number of esters is 2. The first-order valence-electron chi connectivity index (χ1n) is 11.4. The van der Waals surface area contributed by atoms with Gasteiger partial charge < -0.3 is 20.1 Å². The average Bonchev–Trinajstić information content (AvgIpc) is 3.13. The minimum atomic E-state index is -0.500. The molecule has 6 nitrogen and oxygen atoms in total. The SMILES string of the molecule is CCOC(=O)c1sc(NC(=S)NC(CC)c2ccc(C(C)CC)cc2)c(C(=O)OCC)c1C. The zero-order chi connectivity index (χ0) is 24.5. The van der Waals surface area contributed by atoms with Crippen molar-refractivity contribution in [3.8, 4) is 0 Å². The smallest absolute Gasteiger partial charge is 0.348 e. The molecule has 33 heavy (non-hydrogen) atoms. The molecule has 0 spiro atoms. The van der Waals surface area contributed by atoms with Gasteiger partial charge in [0.1, 0.15) is 9.88 Å². The van der Waals surface area contributed by atoms with Gasteiger partial charge in [0.05, 0.1) is 24.8 Å². The Labute approximate surface area is 206 Å². The number of hydrogen-bond acceptors (Lipinski definition) is 6. The Balaban J connectivity index is 2.24. The van der Waals surface area contributed by atoms with Gasteiger partial charge in [-0.3, -0.25) is 0 Å². The summed E-state index contributed by atoms with van der Waals surface area (Å²) in [6, 6.07) is 8.59. The Morgan fingerprint density at radius 1 is 0.970 bits per heavy atom. The molecular formula is C25H34N2O4S2. The van der Waals surface area contributed by atoms with Gasteiger partial charge in [-0.25, -0.2) is 9.59 Å². The van der Waals surface area contributed by atoms with Crippen molar-refractivity contribution in [3.63, 3.8) is 0 Å². The van der Waals surface area contributed by atoms with E-state index in [0.29, 0.717) is 32.0 Å². The number of ether oxygens (including phenoxy) is 2. The Morgan fingerprint density at radius 2 is 1.55 bits per heavy atom. The predicted molar refractivity (Wildman–Crippen MR) is 139 cm³/mol. The molecule has 2 atom stereocenters. The number of anilines is 1. The number of thiocarbonyl (C=S) groups is 1. The van der Waals surface area contributed by atoms with E-state index in [0.717, 1.165) is 29.7 Å². The summed E-state index contributed by atoms with van der Waals surface area (Å²) < 4.78 is 10.3. The minimum Gasteiger partial charge on any atom is -0.462 e. The molecular weight excluding hydrogens is 456 g/mol. The first-order valence-corrected chi connectivity index (χ1v) is 12.6. The van der Waals surface area contributed by atoms with E-state index in [1.54, 1.807) is 20.8 Å². The highest BCUT2D eigenvalue weighted by Gasteiger charge is 2.27. The zero-order valence-electron chi connectivity index (χ0n) is 20.2. The third-order valence-electron chi connectivity index (χ3n) is 5.55. The fourth-order valence-electron chi connectivity index (χ4n) is 3.45. The maximum absolute atomic E-state index is 12.6. The second-order valence-corrected chi connectivity index (χ2v) is 9.17. The van der Waals surface area contributed by atoms with Crippen LogP contribution in [0.5, 0.6) is 0 Å². The normalized spacial score (nSPS) is 12.5. The van der Waals surface area contributed by atoms with Gasteiger partial charge in [-0.15, -0.1) is 11.3 Å². The number of nitrogens with one attached hydrogen (secondary N) is 2. The van der Waals surface area contributed by atoms with E-state index in [4.69, 9.17) is 21.7 Å². The number of rotatable bonds is 10. The van der Waals surface area contributed by atoms with Crippen molar-refractivity contribution in [2.24, 2.45) is 0 Å². The third-order valence-corrected chi connectivity index (χ3v) is 6.96. The molecule has 1 aromatic carbocycles. The predicted octanol–water partition coefficient (Wildman–Crippen LogP) is 6.36. The highest BCUT2D eigenvalue weighted by atomic mass is 32.1. The topological polar surface area (TPSA) is 76.7 Å². The molecule has 0 aliphatic carbocycles. The minimum absolute atomic E-state index is 0.00705. The molecule has 1 aromatic heterocycles. The summed E-state index contributed by atoms with van der Waals surface area (Å²) in [7, 11) is 0. The van der Waals surface area contributed by atoms with Crippen molar-refractivity contribution >= 4 is 45.6 Å². The lowest BCUT2D eigenvalue weighted by Gasteiger charge is -2.21. The molecule has 2 rings (SSSR count). The molecule has 2 unspecified atom stereocenters. The monoisotopic (exact) mass is 490 g/mol. The van der Waals surface area contributed by atoms with Crippen LogP contribution in [0.3, 0.4) is 0 Å². The van der Waals surface area contributed by atoms with E-state index in [1.165, 1.54) is 5.56 Å². The van der Waals surface area contributed by atoms with Crippen molar-refractivity contribution < 1.29 is 19.1 Å². The number of hydrogen-bond donors (Lipinski definition) is 2. The Bertz CT molecular complexity index is 970. The van der Waals surface area contributed by atoms with Crippen LogP contribution in [0, 0.1) is 6.92 Å². The zero-order valence-corrected chi connectivity index (χ0v) is 21.9. The molecule has 0 saturated carbocycles. The summed E-state index contributed by atoms with van der Waals surface area (Å²) >= 11 is 6.70. The van der Waals surface area contributed by atoms with Gasteiger partial charge in [-0.05, 0) is 68.4 Å². The first kappa shape index (κ1) is 26.8. The van der Waals surface area contributed by atoms with Crippen LogP contribution in [0.15, 0.2) is 24.3 Å². The highest BCUT2D eigenvalue weighted by Crippen LogP contribution is 2.34. The molecule has 2 aromatic rings. The molecule has 0 saturated heterocycles. The first-order chi connectivity index (χ1) is 15.8. The second kappa shape index (κ2) is 12.7. The summed E-state index contributed by atoms with van der Waals surface area (Å²) in [5.41, 5.74) is 3.28. The van der Waals surface area contributed by atoms with Gasteiger partial charge in [0.2, 0.25) is 0 Å². The van der Waals surface area contributed by atoms with E-state index in [9.17, 15) is 9.59 Å². The van der Waals surface area contributed by atoms with Crippen LogP contribution >= 0.6 is 23.6 Å². The Hall–Kier alpha value is -2.45. The third kappa shape index (κ3) is 6.77. The number of carbonyl (C=O) groups excluding carboxylic acids is 2. The molecule has 0 fully saturated rings. The van der Waals surface area contributed by atoms with Crippen LogP contribution < -0.4 is 10.6 Å². The standard InChI is InChI=1S/C25H34N2O4S2/c1-7-15(5)17-11-13-18(14-12-17)19(8-2)26-25(32)27-22-20(23(28)30-9-3)16(6)21(33-22)24(29)31-10-4/h11-15,19H,7-10H2,1-6H3,(H2,26,27,32). The van der Waals surface area contributed by atoms with Crippen molar-refractivity contribution in [1.29, 1.82) is 0 Å². The van der Waals surface area contributed by atoms with E-state index >= 15 is 0 Å². The summed E-state index contributed by atoms with van der Waals surface area (Å²) in [4.78, 5) is 25.3. The second-order valence-electron chi connectivity index (χ2n) is 7.74. The molecule has 0 aliphatic rings. The quantitative estimate of drug-likeness (QED) is 0.296. The van der Waals surface area contributed by atoms with Crippen molar-refractivity contribution in [2.45, 2.75) is 66.3 Å². The molecule has 0 radical (unpaired) electrons. The average molecular weight is 491 g/mol. The van der Waals surface area contributed by atoms with Gasteiger partial charge in [0.25, 0.3) is 0 Å². The van der Waals surface area contributed by atoms with Crippen molar-refractivity contribution in [2.75, 3.05) is 18.5 Å². The summed E-state index contributed by atoms with van der Waals surface area (Å²) in [5.74, 6) is -0.447. The fourth-order valence-corrected chi connectivity index (χ4v) is 4.86. The van der Waals surface area contributed by atoms with E-state index in [2.05, 4.69) is 55.7 Å². The maximum Gasteiger partial charge on any atom is 0.348 e. The van der Waals surface area contributed by atoms with Gasteiger partial charge in [0.15, 0.2) is 5.11 Å². The lowest BCUT2D eigenvalue weighted by molar-refractivity contribution is 0.0527. The van der Waals surface area contributed by atoms with Crippen LogP contribution in [0.25, 0.3) is 0 Å². The van der Waals surface area contributed by atoms with Crippen LogP contribution in [-0.4, -0.2) is 30.3 Å². The Kier molecular flexibility index (Phi) is 10.3. The van der Waals surface area contributed by atoms with Gasteiger partial charge in [0, 0.05) is 0 Å². The number of thiophene rings is 1. The summed E-state index contributed by atoms with van der Waals surface area (Å²) in [5, 5.41) is 7.28. The van der Waals surface area contributed by atoms with Crippen LogP contribution in [-0.2, 0) is 9.47 Å². The number of carbonyl (C=O) groups is 2. The molecule has 180 valence electrons. The van der Waals surface area contributed by atoms with Gasteiger partial charge >= 0.3 is 11.9 Å². The molecule has 1 heterocycles. The van der Waals surface area contributed by atoms with Gasteiger partial charge in [-0.2, -0.15) is 0 Å². The van der Waals surface area contributed by atoms with Gasteiger partial charge in [-0.1, -0.05) is 45.0 Å². The molecule has 0 aliphatic heterocycles. The lowest BCUT2D eigenvalue weighted by Crippen LogP contribution is -2.32. The van der Waals surface area contributed by atoms with Crippen LogP contribution in [0.1, 0.15) is 96.1 Å². The van der Waals surface area contributed by atoms with Crippen molar-refractivity contribution in [1.82, 2.24) is 5.32 Å². The maximum atomic E-state index is 12.6. The summed E-state index contributed by atoms with van der Waals surface area (Å²) in [6.07, 6.45) is 1.92. The van der Waals surface area contributed by atoms with Crippen LogP contribution in [0.2, 0.25) is 0 Å². The largest absolute Gasteiger partial charge is 0.462 e.